The van der Waals surface area contributed by atoms with Crippen molar-refractivity contribution in [2.75, 3.05) is 18.8 Å². The summed E-state index contributed by atoms with van der Waals surface area (Å²) in [5.74, 6) is 0.170. The fourth-order valence-corrected chi connectivity index (χ4v) is 4.02. The fourth-order valence-electron chi connectivity index (χ4n) is 2.01. The molecular formula is C12H22N2O2S. The van der Waals surface area contributed by atoms with Crippen LogP contribution >= 0.6 is 0 Å². The molecule has 0 aliphatic carbocycles. The van der Waals surface area contributed by atoms with Crippen molar-refractivity contribution in [3.05, 3.63) is 0 Å². The molecule has 0 bridgehead atoms. The van der Waals surface area contributed by atoms with E-state index < -0.39 is 10.0 Å². The summed E-state index contributed by atoms with van der Waals surface area (Å²) in [7, 11) is -3.18. The lowest BCUT2D eigenvalue weighted by Gasteiger charge is -2.35. The molecule has 1 aliphatic rings. The largest absolute Gasteiger partial charge is 0.214 e. The quantitative estimate of drug-likeness (QED) is 0.761. The van der Waals surface area contributed by atoms with Crippen LogP contribution in [0.1, 0.15) is 40.5 Å². The third-order valence-corrected chi connectivity index (χ3v) is 5.49. The molecule has 17 heavy (non-hydrogen) atoms. The van der Waals surface area contributed by atoms with Crippen LogP contribution in [0.3, 0.4) is 0 Å². The summed E-state index contributed by atoms with van der Waals surface area (Å²) in [5, 5.41) is 9.01. The van der Waals surface area contributed by atoms with Crippen molar-refractivity contribution < 1.29 is 8.42 Å². The lowest BCUT2D eigenvalue weighted by atomic mass is 9.83. The molecule has 5 heteroatoms. The van der Waals surface area contributed by atoms with Crippen molar-refractivity contribution in [2.24, 2.45) is 10.8 Å². The van der Waals surface area contributed by atoms with E-state index in [0.717, 1.165) is 0 Å². The van der Waals surface area contributed by atoms with Gasteiger partial charge < -0.3 is 0 Å². The van der Waals surface area contributed by atoms with Crippen molar-refractivity contribution in [1.82, 2.24) is 4.31 Å². The molecular weight excluding hydrogens is 236 g/mol. The Morgan fingerprint density at radius 1 is 1.29 bits per heavy atom. The summed E-state index contributed by atoms with van der Waals surface area (Å²) in [6, 6.07) is 2.28. The normalized spacial score (nSPS) is 22.1. The first kappa shape index (κ1) is 14.5. The van der Waals surface area contributed by atoms with Gasteiger partial charge in [-0.15, -0.1) is 0 Å². The maximum Gasteiger partial charge on any atom is 0.214 e. The SMILES string of the molecule is CC(C)(C)CS(=O)(=O)N1CCC(C)(C#N)CC1. The van der Waals surface area contributed by atoms with Gasteiger partial charge in [-0.3, -0.25) is 0 Å². The first-order valence-corrected chi connectivity index (χ1v) is 7.58. The molecule has 0 aromatic rings. The zero-order valence-corrected chi connectivity index (χ0v) is 12.0. The summed E-state index contributed by atoms with van der Waals surface area (Å²) < 4.78 is 25.8. The van der Waals surface area contributed by atoms with E-state index >= 15 is 0 Å². The smallest absolute Gasteiger partial charge is 0.212 e. The van der Waals surface area contributed by atoms with E-state index in [0.29, 0.717) is 25.9 Å². The highest BCUT2D eigenvalue weighted by atomic mass is 32.2. The van der Waals surface area contributed by atoms with Gasteiger partial charge in [-0.1, -0.05) is 20.8 Å². The summed E-state index contributed by atoms with van der Waals surface area (Å²) in [6.45, 7) is 8.63. The van der Waals surface area contributed by atoms with Crippen LogP contribution in [-0.4, -0.2) is 31.6 Å². The number of nitrogens with zero attached hydrogens (tertiary/aromatic N) is 2. The van der Waals surface area contributed by atoms with Gasteiger partial charge >= 0.3 is 0 Å². The first-order valence-electron chi connectivity index (χ1n) is 5.97. The molecule has 98 valence electrons. The van der Waals surface area contributed by atoms with Crippen LogP contribution in [0.2, 0.25) is 0 Å². The summed E-state index contributed by atoms with van der Waals surface area (Å²) in [5.41, 5.74) is -0.581. The van der Waals surface area contributed by atoms with Crippen LogP contribution in [0, 0.1) is 22.2 Å². The van der Waals surface area contributed by atoms with E-state index in [4.69, 9.17) is 5.26 Å². The molecule has 0 saturated carbocycles. The van der Waals surface area contributed by atoms with Crippen LogP contribution in [-0.2, 0) is 10.0 Å². The molecule has 0 unspecified atom stereocenters. The lowest BCUT2D eigenvalue weighted by molar-refractivity contribution is 0.230. The molecule has 0 radical (unpaired) electrons. The van der Waals surface area contributed by atoms with Crippen LogP contribution in [0.4, 0.5) is 0 Å². The number of hydrogen-bond acceptors (Lipinski definition) is 3. The van der Waals surface area contributed by atoms with Crippen LogP contribution < -0.4 is 0 Å². The Morgan fingerprint density at radius 3 is 2.12 bits per heavy atom. The summed E-state index contributed by atoms with van der Waals surface area (Å²) >= 11 is 0. The Bertz CT molecular complexity index is 407. The van der Waals surface area contributed by atoms with Crippen molar-refractivity contribution in [3.63, 3.8) is 0 Å². The Kier molecular flexibility index (Phi) is 3.90. The number of nitriles is 1. The van der Waals surface area contributed by atoms with Crippen LogP contribution in [0.25, 0.3) is 0 Å². The predicted molar refractivity (Wildman–Crippen MR) is 67.8 cm³/mol. The Balaban J connectivity index is 2.70. The molecule has 1 saturated heterocycles. The van der Waals surface area contributed by atoms with Gasteiger partial charge in [0.2, 0.25) is 10.0 Å². The monoisotopic (exact) mass is 258 g/mol. The average molecular weight is 258 g/mol. The summed E-state index contributed by atoms with van der Waals surface area (Å²) in [6.07, 6.45) is 1.26. The van der Waals surface area contributed by atoms with Gasteiger partial charge in [-0.25, -0.2) is 12.7 Å². The number of hydrogen-bond donors (Lipinski definition) is 0. The number of piperidine rings is 1. The standard InChI is InChI=1S/C12H22N2O2S/c1-11(2,3)10-17(15,16)14-7-5-12(4,9-13)6-8-14/h5-8,10H2,1-4H3. The molecule has 1 fully saturated rings. The van der Waals surface area contributed by atoms with Gasteiger partial charge in [0.1, 0.15) is 0 Å². The zero-order chi connectivity index (χ0) is 13.3. The molecule has 0 aromatic heterocycles. The van der Waals surface area contributed by atoms with E-state index in [1.54, 1.807) is 0 Å². The van der Waals surface area contributed by atoms with Gasteiger partial charge in [0.05, 0.1) is 17.2 Å². The molecule has 0 N–H and O–H groups in total. The molecule has 0 atom stereocenters. The second kappa shape index (κ2) is 4.58. The van der Waals surface area contributed by atoms with E-state index in [-0.39, 0.29) is 16.6 Å². The molecule has 4 nitrogen and oxygen atoms in total. The van der Waals surface area contributed by atoms with E-state index in [2.05, 4.69) is 6.07 Å². The Hall–Kier alpha value is -0.600. The highest BCUT2D eigenvalue weighted by Crippen LogP contribution is 2.32. The van der Waals surface area contributed by atoms with Gasteiger partial charge in [0.15, 0.2) is 0 Å². The predicted octanol–water partition coefficient (Wildman–Crippen LogP) is 1.99. The van der Waals surface area contributed by atoms with E-state index in [9.17, 15) is 8.42 Å². The zero-order valence-electron chi connectivity index (χ0n) is 11.2. The second-order valence-electron chi connectivity index (χ2n) is 6.39. The van der Waals surface area contributed by atoms with Crippen molar-refractivity contribution in [2.45, 2.75) is 40.5 Å². The maximum absolute atomic E-state index is 12.1. The van der Waals surface area contributed by atoms with E-state index in [1.165, 1.54) is 4.31 Å². The molecule has 1 aliphatic heterocycles. The van der Waals surface area contributed by atoms with Crippen LogP contribution in [0.5, 0.6) is 0 Å². The van der Waals surface area contributed by atoms with Crippen LogP contribution in [0.15, 0.2) is 0 Å². The number of rotatable bonds is 2. The fraction of sp³-hybridized carbons (Fsp3) is 0.917. The molecule has 1 heterocycles. The minimum Gasteiger partial charge on any atom is -0.212 e. The van der Waals surface area contributed by atoms with Crippen molar-refractivity contribution >= 4 is 10.0 Å². The number of sulfonamides is 1. The van der Waals surface area contributed by atoms with Gasteiger partial charge in [-0.2, -0.15) is 5.26 Å². The molecule has 0 amide bonds. The second-order valence-corrected chi connectivity index (χ2v) is 8.36. The van der Waals surface area contributed by atoms with Gasteiger partial charge in [-0.05, 0) is 25.2 Å². The lowest BCUT2D eigenvalue weighted by Crippen LogP contribution is -2.44. The maximum atomic E-state index is 12.1. The highest BCUT2D eigenvalue weighted by Gasteiger charge is 2.36. The highest BCUT2D eigenvalue weighted by molar-refractivity contribution is 7.89. The van der Waals surface area contributed by atoms with Gasteiger partial charge in [0, 0.05) is 13.1 Å². The summed E-state index contributed by atoms with van der Waals surface area (Å²) in [4.78, 5) is 0. The minimum absolute atomic E-state index is 0.170. The van der Waals surface area contributed by atoms with Gasteiger partial charge in [0.25, 0.3) is 0 Å². The minimum atomic E-state index is -3.18. The van der Waals surface area contributed by atoms with Crippen molar-refractivity contribution in [3.8, 4) is 6.07 Å². The Labute approximate surface area is 105 Å². The Morgan fingerprint density at radius 2 is 1.76 bits per heavy atom. The topological polar surface area (TPSA) is 61.2 Å². The third kappa shape index (κ3) is 3.97. The average Bonchev–Trinajstić information content (AvgIpc) is 2.15. The molecule has 0 aromatic carbocycles. The molecule has 1 rings (SSSR count). The first-order chi connectivity index (χ1) is 7.58. The van der Waals surface area contributed by atoms with E-state index in [1.807, 2.05) is 27.7 Å². The third-order valence-electron chi connectivity index (χ3n) is 3.10. The van der Waals surface area contributed by atoms with Crippen molar-refractivity contribution in [1.29, 1.82) is 5.26 Å². The molecule has 0 spiro atoms.